The Balaban J connectivity index is 1.45. The summed E-state index contributed by atoms with van der Waals surface area (Å²) in [5.41, 5.74) is 5.80. The maximum atomic E-state index is 12.2. The summed E-state index contributed by atoms with van der Waals surface area (Å²) >= 11 is 0. The SMILES string of the molecule is COc1ccc(CC(=O)N/N=C\c2ccc(CNC(=O)C(=O)Nc3ccc(C)c(C)c3)o2)cc1OC. The van der Waals surface area contributed by atoms with Gasteiger partial charge in [-0.15, -0.1) is 0 Å². The number of amides is 3. The molecule has 0 radical (unpaired) electrons. The van der Waals surface area contributed by atoms with Gasteiger partial charge >= 0.3 is 11.8 Å². The van der Waals surface area contributed by atoms with Gasteiger partial charge in [-0.25, -0.2) is 5.43 Å². The molecule has 0 unspecified atom stereocenters. The highest BCUT2D eigenvalue weighted by atomic mass is 16.5. The third kappa shape index (κ3) is 7.20. The van der Waals surface area contributed by atoms with E-state index in [9.17, 15) is 14.4 Å². The summed E-state index contributed by atoms with van der Waals surface area (Å²) in [4.78, 5) is 36.4. The van der Waals surface area contributed by atoms with Gasteiger partial charge in [0.05, 0.1) is 33.4 Å². The molecular formula is C26H28N4O6. The maximum absolute atomic E-state index is 12.2. The molecule has 0 bridgehead atoms. The standard InChI is InChI=1S/C26H28N4O6/c1-16-5-7-19(11-17(16)2)29-26(33)25(32)27-14-20-8-9-21(36-20)15-28-30-24(31)13-18-6-10-22(34-3)23(12-18)35-4/h5-12,15H,13-14H2,1-4H3,(H,27,32)(H,29,33)(H,30,31)/b28-15-. The zero-order valence-corrected chi connectivity index (χ0v) is 20.5. The molecule has 3 N–H and O–H groups in total. The van der Waals surface area contributed by atoms with Crippen molar-refractivity contribution in [2.45, 2.75) is 26.8 Å². The average Bonchev–Trinajstić information content (AvgIpc) is 3.32. The number of nitrogens with one attached hydrogen (secondary N) is 3. The first-order valence-corrected chi connectivity index (χ1v) is 11.1. The van der Waals surface area contributed by atoms with Crippen LogP contribution in [0.25, 0.3) is 0 Å². The van der Waals surface area contributed by atoms with Crippen LogP contribution in [0.3, 0.4) is 0 Å². The van der Waals surface area contributed by atoms with E-state index >= 15 is 0 Å². The summed E-state index contributed by atoms with van der Waals surface area (Å²) in [6, 6.07) is 13.9. The van der Waals surface area contributed by atoms with Gasteiger partial charge in [0.2, 0.25) is 5.91 Å². The number of hydrazone groups is 1. The molecule has 3 amide bonds. The van der Waals surface area contributed by atoms with Crippen LogP contribution in [0.15, 0.2) is 58.0 Å². The average molecular weight is 493 g/mol. The second-order valence-corrected chi connectivity index (χ2v) is 7.90. The second-order valence-electron chi connectivity index (χ2n) is 7.90. The fourth-order valence-corrected chi connectivity index (χ4v) is 3.20. The number of nitrogens with zero attached hydrogens (tertiary/aromatic N) is 1. The lowest BCUT2D eigenvalue weighted by Crippen LogP contribution is -2.34. The Morgan fingerprint density at radius 2 is 1.69 bits per heavy atom. The van der Waals surface area contributed by atoms with Crippen LogP contribution in [0.2, 0.25) is 0 Å². The van der Waals surface area contributed by atoms with Gasteiger partial charge < -0.3 is 24.5 Å². The molecule has 0 atom stereocenters. The summed E-state index contributed by atoms with van der Waals surface area (Å²) in [6.07, 6.45) is 1.43. The van der Waals surface area contributed by atoms with Gasteiger partial charge in [-0.3, -0.25) is 14.4 Å². The van der Waals surface area contributed by atoms with E-state index in [2.05, 4.69) is 21.2 Å². The van der Waals surface area contributed by atoms with Crippen LogP contribution in [0, 0.1) is 13.8 Å². The van der Waals surface area contributed by atoms with Gasteiger partial charge in [0, 0.05) is 5.69 Å². The van der Waals surface area contributed by atoms with Crippen molar-refractivity contribution in [3.05, 3.63) is 76.7 Å². The van der Waals surface area contributed by atoms with Crippen molar-refractivity contribution in [3.8, 4) is 11.5 Å². The Kier molecular flexibility index (Phi) is 8.82. The summed E-state index contributed by atoms with van der Waals surface area (Å²) in [5, 5.41) is 8.95. The lowest BCUT2D eigenvalue weighted by Gasteiger charge is -2.09. The van der Waals surface area contributed by atoms with E-state index < -0.39 is 11.8 Å². The van der Waals surface area contributed by atoms with Crippen LogP contribution in [0.1, 0.15) is 28.2 Å². The maximum Gasteiger partial charge on any atom is 0.313 e. The van der Waals surface area contributed by atoms with E-state index in [0.29, 0.717) is 28.7 Å². The first-order valence-electron chi connectivity index (χ1n) is 11.1. The van der Waals surface area contributed by atoms with Crippen LogP contribution in [-0.4, -0.2) is 38.2 Å². The Morgan fingerprint density at radius 1 is 0.917 bits per heavy atom. The number of hydrogen-bond acceptors (Lipinski definition) is 7. The predicted molar refractivity (Wildman–Crippen MR) is 134 cm³/mol. The monoisotopic (exact) mass is 492 g/mol. The van der Waals surface area contributed by atoms with E-state index in [-0.39, 0.29) is 18.9 Å². The number of aryl methyl sites for hydroxylation is 2. The van der Waals surface area contributed by atoms with Crippen molar-refractivity contribution >= 4 is 29.6 Å². The second kappa shape index (κ2) is 12.2. The van der Waals surface area contributed by atoms with Crippen molar-refractivity contribution in [1.82, 2.24) is 10.7 Å². The van der Waals surface area contributed by atoms with Crippen molar-refractivity contribution in [2.24, 2.45) is 5.10 Å². The molecule has 188 valence electrons. The number of hydrogen-bond donors (Lipinski definition) is 3. The molecule has 10 nitrogen and oxygen atoms in total. The smallest absolute Gasteiger partial charge is 0.313 e. The number of carbonyl (C=O) groups excluding carboxylic acids is 3. The number of rotatable bonds is 9. The third-order valence-electron chi connectivity index (χ3n) is 5.27. The van der Waals surface area contributed by atoms with Crippen molar-refractivity contribution in [3.63, 3.8) is 0 Å². The Labute approximate surface area is 208 Å². The first-order chi connectivity index (χ1) is 17.3. The highest BCUT2D eigenvalue weighted by Crippen LogP contribution is 2.27. The zero-order chi connectivity index (χ0) is 26.1. The normalized spacial score (nSPS) is 10.7. The Morgan fingerprint density at radius 3 is 2.42 bits per heavy atom. The minimum absolute atomic E-state index is 0.0126. The van der Waals surface area contributed by atoms with Gasteiger partial charge in [-0.2, -0.15) is 5.10 Å². The molecule has 3 rings (SSSR count). The molecule has 0 fully saturated rings. The third-order valence-corrected chi connectivity index (χ3v) is 5.27. The van der Waals surface area contributed by atoms with Crippen molar-refractivity contribution < 1.29 is 28.3 Å². The highest BCUT2D eigenvalue weighted by Gasteiger charge is 2.14. The predicted octanol–water partition coefficient (Wildman–Crippen LogP) is 2.86. The zero-order valence-electron chi connectivity index (χ0n) is 20.5. The van der Waals surface area contributed by atoms with E-state index in [1.165, 1.54) is 20.4 Å². The molecule has 0 aliphatic heterocycles. The van der Waals surface area contributed by atoms with Crippen LogP contribution in [-0.2, 0) is 27.3 Å². The molecule has 2 aromatic carbocycles. The number of carbonyl (C=O) groups is 3. The molecule has 0 spiro atoms. The number of methoxy groups -OCH3 is 2. The molecule has 1 heterocycles. The minimum atomic E-state index is -0.790. The molecule has 0 saturated heterocycles. The summed E-state index contributed by atoms with van der Waals surface area (Å²) in [7, 11) is 3.06. The quantitative estimate of drug-likeness (QED) is 0.239. The first kappa shape index (κ1) is 26.0. The van der Waals surface area contributed by atoms with E-state index in [1.807, 2.05) is 19.9 Å². The molecule has 10 heteroatoms. The van der Waals surface area contributed by atoms with Crippen molar-refractivity contribution in [1.29, 1.82) is 0 Å². The Bertz CT molecular complexity index is 1280. The number of benzene rings is 2. The van der Waals surface area contributed by atoms with Gasteiger partial charge in [-0.05, 0) is 66.9 Å². The fourth-order valence-electron chi connectivity index (χ4n) is 3.20. The molecule has 1 aromatic heterocycles. The molecule has 3 aromatic rings. The lowest BCUT2D eigenvalue weighted by atomic mass is 10.1. The number of furan rings is 1. The van der Waals surface area contributed by atoms with Gasteiger partial charge in [-0.1, -0.05) is 12.1 Å². The van der Waals surface area contributed by atoms with Crippen LogP contribution >= 0.6 is 0 Å². The lowest BCUT2D eigenvalue weighted by molar-refractivity contribution is -0.136. The summed E-state index contributed by atoms with van der Waals surface area (Å²) in [5.74, 6) is -0.000237. The molecular weight excluding hydrogens is 464 g/mol. The summed E-state index contributed by atoms with van der Waals surface area (Å²) < 4.78 is 16.0. The molecule has 0 aliphatic carbocycles. The Hall–Kier alpha value is -4.60. The highest BCUT2D eigenvalue weighted by molar-refractivity contribution is 6.39. The van der Waals surface area contributed by atoms with Crippen molar-refractivity contribution in [2.75, 3.05) is 19.5 Å². The number of ether oxygens (including phenoxy) is 2. The molecule has 0 aliphatic rings. The molecule has 36 heavy (non-hydrogen) atoms. The van der Waals surface area contributed by atoms with Crippen LogP contribution in [0.4, 0.5) is 5.69 Å². The van der Waals surface area contributed by atoms with Gasteiger partial charge in [0.15, 0.2) is 11.5 Å². The minimum Gasteiger partial charge on any atom is -0.493 e. The van der Waals surface area contributed by atoms with E-state index in [4.69, 9.17) is 13.9 Å². The molecule has 0 saturated carbocycles. The van der Waals surface area contributed by atoms with E-state index in [1.54, 1.807) is 42.5 Å². The number of anilines is 1. The summed E-state index contributed by atoms with van der Waals surface area (Å²) in [6.45, 7) is 3.90. The largest absolute Gasteiger partial charge is 0.493 e. The van der Waals surface area contributed by atoms with E-state index in [0.717, 1.165) is 16.7 Å². The fraction of sp³-hybridized carbons (Fsp3) is 0.231. The topological polar surface area (TPSA) is 131 Å². The van der Waals surface area contributed by atoms with Crippen LogP contribution in [0.5, 0.6) is 11.5 Å². The van der Waals surface area contributed by atoms with Gasteiger partial charge in [0.25, 0.3) is 0 Å². The van der Waals surface area contributed by atoms with Crippen LogP contribution < -0.4 is 25.5 Å². The van der Waals surface area contributed by atoms with Gasteiger partial charge in [0.1, 0.15) is 11.5 Å².